The molecule has 1 N–H and O–H groups in total. The van der Waals surface area contributed by atoms with Gasteiger partial charge in [-0.25, -0.2) is 0 Å². The third-order valence-corrected chi connectivity index (χ3v) is 4.67. The normalized spacial score (nSPS) is 14.1. The lowest BCUT2D eigenvalue weighted by Crippen LogP contribution is -2.31. The summed E-state index contributed by atoms with van der Waals surface area (Å²) in [6.45, 7) is 10.2. The highest BCUT2D eigenvalue weighted by Gasteiger charge is 2.22. The first-order chi connectivity index (χ1) is 7.44. The van der Waals surface area contributed by atoms with Crippen molar-refractivity contribution in [1.29, 1.82) is 0 Å². The summed E-state index contributed by atoms with van der Waals surface area (Å²) >= 11 is 5.46. The molecule has 0 radical (unpaired) electrons. The van der Waals surface area contributed by atoms with Gasteiger partial charge in [0.15, 0.2) is 0 Å². The molecule has 0 fully saturated rings. The zero-order valence-electron chi connectivity index (χ0n) is 10.6. The van der Waals surface area contributed by atoms with Crippen LogP contribution in [0.3, 0.4) is 0 Å². The van der Waals surface area contributed by atoms with Gasteiger partial charge in [0.1, 0.15) is 0 Å². The molecule has 1 rings (SSSR count). The van der Waals surface area contributed by atoms with Crippen LogP contribution in [0.1, 0.15) is 39.0 Å². The Morgan fingerprint density at radius 1 is 1.50 bits per heavy atom. The SMILES string of the molecule is CCNC(C)CC(C)(C)Cc1sccc1Br. The van der Waals surface area contributed by atoms with Crippen molar-refractivity contribution in [2.45, 2.75) is 46.6 Å². The van der Waals surface area contributed by atoms with E-state index < -0.39 is 0 Å². The highest BCUT2D eigenvalue weighted by Crippen LogP contribution is 2.33. The molecule has 1 aromatic heterocycles. The molecule has 0 saturated heterocycles. The Morgan fingerprint density at radius 3 is 2.69 bits per heavy atom. The first-order valence-corrected chi connectivity index (χ1v) is 7.57. The van der Waals surface area contributed by atoms with E-state index in [4.69, 9.17) is 0 Å². The van der Waals surface area contributed by atoms with Crippen molar-refractivity contribution in [3.63, 3.8) is 0 Å². The number of nitrogens with one attached hydrogen (secondary N) is 1. The highest BCUT2D eigenvalue weighted by molar-refractivity contribution is 9.10. The molecular weight excluding hydrogens is 282 g/mol. The van der Waals surface area contributed by atoms with Crippen LogP contribution in [0.25, 0.3) is 0 Å². The van der Waals surface area contributed by atoms with Gasteiger partial charge < -0.3 is 5.32 Å². The summed E-state index contributed by atoms with van der Waals surface area (Å²) in [7, 11) is 0. The van der Waals surface area contributed by atoms with Crippen molar-refractivity contribution in [3.05, 3.63) is 20.8 Å². The zero-order valence-corrected chi connectivity index (χ0v) is 13.0. The first kappa shape index (κ1) is 14.2. The van der Waals surface area contributed by atoms with Crippen molar-refractivity contribution in [2.75, 3.05) is 6.54 Å². The number of hydrogen-bond acceptors (Lipinski definition) is 2. The second-order valence-electron chi connectivity index (χ2n) is 5.20. The highest BCUT2D eigenvalue weighted by atomic mass is 79.9. The number of rotatable bonds is 6. The van der Waals surface area contributed by atoms with Gasteiger partial charge in [0, 0.05) is 15.4 Å². The van der Waals surface area contributed by atoms with Crippen LogP contribution < -0.4 is 5.32 Å². The maximum Gasteiger partial charge on any atom is 0.0314 e. The monoisotopic (exact) mass is 303 g/mol. The molecule has 1 nitrogen and oxygen atoms in total. The standard InChI is InChI=1S/C13H22BrNS/c1-5-15-10(2)8-13(3,4)9-12-11(14)6-7-16-12/h6-7,10,15H,5,8-9H2,1-4H3. The fourth-order valence-electron chi connectivity index (χ4n) is 2.21. The molecule has 0 bridgehead atoms. The van der Waals surface area contributed by atoms with E-state index in [-0.39, 0.29) is 0 Å². The number of hydrogen-bond donors (Lipinski definition) is 1. The number of thiophene rings is 1. The molecule has 1 atom stereocenters. The van der Waals surface area contributed by atoms with E-state index in [0.717, 1.165) is 13.0 Å². The van der Waals surface area contributed by atoms with Crippen LogP contribution in [0.15, 0.2) is 15.9 Å². The van der Waals surface area contributed by atoms with Crippen LogP contribution in [-0.4, -0.2) is 12.6 Å². The van der Waals surface area contributed by atoms with E-state index in [1.54, 1.807) is 0 Å². The van der Waals surface area contributed by atoms with Gasteiger partial charge in [0.05, 0.1) is 0 Å². The fraction of sp³-hybridized carbons (Fsp3) is 0.692. The molecule has 3 heteroatoms. The molecule has 1 unspecified atom stereocenters. The van der Waals surface area contributed by atoms with Crippen molar-refractivity contribution in [1.82, 2.24) is 5.32 Å². The predicted molar refractivity (Wildman–Crippen MR) is 77.3 cm³/mol. The average Bonchev–Trinajstić information content (AvgIpc) is 2.50. The Labute approximate surface area is 112 Å². The predicted octanol–water partition coefficient (Wildman–Crippen LogP) is 4.47. The second kappa shape index (κ2) is 6.18. The lowest BCUT2D eigenvalue weighted by molar-refractivity contribution is 0.290. The van der Waals surface area contributed by atoms with Crippen molar-refractivity contribution in [3.8, 4) is 0 Å². The Morgan fingerprint density at radius 2 is 2.19 bits per heavy atom. The molecule has 16 heavy (non-hydrogen) atoms. The summed E-state index contributed by atoms with van der Waals surface area (Å²) in [6.07, 6.45) is 2.37. The molecule has 0 aliphatic heterocycles. The molecule has 0 saturated carbocycles. The van der Waals surface area contributed by atoms with Gasteiger partial charge >= 0.3 is 0 Å². The average molecular weight is 304 g/mol. The third-order valence-electron chi connectivity index (χ3n) is 2.74. The summed E-state index contributed by atoms with van der Waals surface area (Å²) in [5.41, 5.74) is 0.356. The molecule has 1 aromatic rings. The summed E-state index contributed by atoms with van der Waals surface area (Å²) in [6, 6.07) is 2.74. The van der Waals surface area contributed by atoms with E-state index in [1.807, 2.05) is 11.3 Å². The van der Waals surface area contributed by atoms with Gasteiger partial charge in [-0.05, 0) is 59.1 Å². The van der Waals surface area contributed by atoms with Gasteiger partial charge in [-0.15, -0.1) is 11.3 Å². The molecule has 0 aliphatic rings. The van der Waals surface area contributed by atoms with Crippen LogP contribution in [0, 0.1) is 5.41 Å². The van der Waals surface area contributed by atoms with Gasteiger partial charge in [0.25, 0.3) is 0 Å². The first-order valence-electron chi connectivity index (χ1n) is 5.90. The molecule has 0 aromatic carbocycles. The van der Waals surface area contributed by atoms with Crippen LogP contribution in [0.4, 0.5) is 0 Å². The van der Waals surface area contributed by atoms with Gasteiger partial charge in [-0.1, -0.05) is 20.8 Å². The topological polar surface area (TPSA) is 12.0 Å². The molecule has 0 aliphatic carbocycles. The lowest BCUT2D eigenvalue weighted by Gasteiger charge is -2.28. The van der Waals surface area contributed by atoms with Gasteiger partial charge in [-0.2, -0.15) is 0 Å². The summed E-state index contributed by atoms with van der Waals surface area (Å²) in [5, 5.41) is 5.64. The van der Waals surface area contributed by atoms with Gasteiger partial charge in [0.2, 0.25) is 0 Å². The van der Waals surface area contributed by atoms with E-state index in [0.29, 0.717) is 11.5 Å². The molecule has 1 heterocycles. The fourth-order valence-corrected chi connectivity index (χ4v) is 3.96. The smallest absolute Gasteiger partial charge is 0.0314 e. The Balaban J connectivity index is 2.54. The minimum absolute atomic E-state index is 0.356. The van der Waals surface area contributed by atoms with E-state index >= 15 is 0 Å². The van der Waals surface area contributed by atoms with Crippen LogP contribution in [0.5, 0.6) is 0 Å². The largest absolute Gasteiger partial charge is 0.315 e. The molecule has 0 spiro atoms. The van der Waals surface area contributed by atoms with Crippen LogP contribution in [-0.2, 0) is 6.42 Å². The van der Waals surface area contributed by atoms with Crippen LogP contribution >= 0.6 is 27.3 Å². The summed E-state index contributed by atoms with van der Waals surface area (Å²) in [5.74, 6) is 0. The summed E-state index contributed by atoms with van der Waals surface area (Å²) in [4.78, 5) is 1.47. The summed E-state index contributed by atoms with van der Waals surface area (Å²) < 4.78 is 1.27. The van der Waals surface area contributed by atoms with Crippen molar-refractivity contribution in [2.24, 2.45) is 5.41 Å². The Kier molecular flexibility index (Phi) is 5.48. The van der Waals surface area contributed by atoms with E-state index in [2.05, 4.69) is 60.4 Å². The van der Waals surface area contributed by atoms with Gasteiger partial charge in [-0.3, -0.25) is 0 Å². The van der Waals surface area contributed by atoms with Crippen molar-refractivity contribution < 1.29 is 0 Å². The molecule has 0 amide bonds. The number of halogens is 1. The zero-order chi connectivity index (χ0) is 12.2. The Hall–Kier alpha value is 0.140. The van der Waals surface area contributed by atoms with Crippen molar-refractivity contribution >= 4 is 27.3 Å². The van der Waals surface area contributed by atoms with E-state index in [1.165, 1.54) is 15.8 Å². The maximum absolute atomic E-state index is 3.61. The quantitative estimate of drug-likeness (QED) is 0.818. The van der Waals surface area contributed by atoms with E-state index in [9.17, 15) is 0 Å². The minimum atomic E-state index is 0.356. The molecular formula is C13H22BrNS. The third kappa shape index (κ3) is 4.56. The minimum Gasteiger partial charge on any atom is -0.315 e. The maximum atomic E-state index is 3.61. The van der Waals surface area contributed by atoms with Crippen LogP contribution in [0.2, 0.25) is 0 Å². The molecule has 92 valence electrons. The Bertz CT molecular complexity index is 319. The lowest BCUT2D eigenvalue weighted by atomic mass is 9.82. The second-order valence-corrected chi connectivity index (χ2v) is 7.05.